The Morgan fingerprint density at radius 3 is 2.66 bits per heavy atom. The maximum atomic E-state index is 12.8. The number of ether oxygens (including phenoxy) is 1. The third-order valence-electron chi connectivity index (χ3n) is 8.02. The largest absolute Gasteiger partial charge is 0.483 e. The average molecular weight is 558 g/mol. The topological polar surface area (TPSA) is 115 Å². The van der Waals surface area contributed by atoms with Crippen molar-refractivity contribution in [3.05, 3.63) is 69.9 Å². The molecule has 0 spiro atoms. The van der Waals surface area contributed by atoms with Crippen molar-refractivity contribution in [1.82, 2.24) is 25.1 Å². The normalized spacial score (nSPS) is 16.1. The molecule has 0 bridgehead atoms. The Kier molecular flexibility index (Phi) is 8.68. The van der Waals surface area contributed by atoms with Gasteiger partial charge in [0, 0.05) is 31.2 Å². The molecule has 1 saturated heterocycles. The Hall–Kier alpha value is -4.18. The van der Waals surface area contributed by atoms with Crippen LogP contribution < -0.4 is 16.2 Å². The number of H-pyrrole nitrogens is 1. The van der Waals surface area contributed by atoms with E-state index in [0.29, 0.717) is 47.5 Å². The van der Waals surface area contributed by atoms with Crippen LogP contribution in [-0.4, -0.2) is 78.0 Å². The lowest BCUT2D eigenvalue weighted by molar-refractivity contribution is -0.132. The Balaban J connectivity index is 1.34. The van der Waals surface area contributed by atoms with Crippen molar-refractivity contribution in [3.63, 3.8) is 0 Å². The van der Waals surface area contributed by atoms with Crippen LogP contribution in [0.1, 0.15) is 49.4 Å². The van der Waals surface area contributed by atoms with E-state index in [1.54, 1.807) is 19.5 Å². The zero-order valence-corrected chi connectivity index (χ0v) is 24.3. The molecule has 0 radical (unpaired) electrons. The molecular formula is C31H39N7O3. The van der Waals surface area contributed by atoms with Crippen molar-refractivity contribution in [1.29, 1.82) is 0 Å². The first-order valence-electron chi connectivity index (χ1n) is 14.4. The molecule has 1 aromatic carbocycles. The number of anilines is 2. The SMILES string of the molecule is CCN(CC)C(=O)CN1CCC(c2ccc(Nc3nc(C4=CNCC(OC)=N4)cc4cc[nH]c(=O)c34)cc2C)CC1. The molecule has 1 fully saturated rings. The number of piperidine rings is 1. The van der Waals surface area contributed by atoms with Gasteiger partial charge < -0.3 is 25.3 Å². The van der Waals surface area contributed by atoms with Crippen LogP contribution in [0.2, 0.25) is 0 Å². The average Bonchev–Trinajstić information content (AvgIpc) is 2.98. The summed E-state index contributed by atoms with van der Waals surface area (Å²) in [5.74, 6) is 1.70. The molecule has 5 rings (SSSR count). The fourth-order valence-electron chi connectivity index (χ4n) is 5.74. The van der Waals surface area contributed by atoms with Crippen LogP contribution in [0, 0.1) is 6.92 Å². The van der Waals surface area contributed by atoms with Crippen LogP contribution in [0.5, 0.6) is 0 Å². The zero-order valence-electron chi connectivity index (χ0n) is 24.3. The summed E-state index contributed by atoms with van der Waals surface area (Å²) in [4.78, 5) is 41.7. The molecular weight excluding hydrogens is 518 g/mol. The van der Waals surface area contributed by atoms with Crippen LogP contribution in [0.4, 0.5) is 11.5 Å². The van der Waals surface area contributed by atoms with Crippen LogP contribution in [0.15, 0.2) is 52.5 Å². The van der Waals surface area contributed by atoms with Gasteiger partial charge in [-0.05, 0) is 93.4 Å². The van der Waals surface area contributed by atoms with Crippen molar-refractivity contribution >= 4 is 39.8 Å². The Labute approximate surface area is 240 Å². The van der Waals surface area contributed by atoms with E-state index < -0.39 is 0 Å². The van der Waals surface area contributed by atoms with E-state index in [2.05, 4.69) is 50.6 Å². The fraction of sp³-hybridized carbons (Fsp3) is 0.419. The van der Waals surface area contributed by atoms with Crippen LogP contribution in [0.25, 0.3) is 16.5 Å². The summed E-state index contributed by atoms with van der Waals surface area (Å²) in [7, 11) is 1.59. The minimum atomic E-state index is -0.208. The van der Waals surface area contributed by atoms with Gasteiger partial charge in [-0.1, -0.05) is 6.07 Å². The number of fused-ring (bicyclic) bond motifs is 1. The highest BCUT2D eigenvalue weighted by Gasteiger charge is 2.24. The number of likely N-dealkylation sites (N-methyl/N-ethyl adjacent to an activating group) is 1. The number of amides is 1. The van der Waals surface area contributed by atoms with Gasteiger partial charge in [0.2, 0.25) is 11.8 Å². The van der Waals surface area contributed by atoms with E-state index in [1.807, 2.05) is 30.9 Å². The maximum Gasteiger partial charge on any atom is 0.259 e. The molecule has 0 saturated carbocycles. The number of carbonyl (C=O) groups is 1. The van der Waals surface area contributed by atoms with Gasteiger partial charge in [0.1, 0.15) is 11.5 Å². The third-order valence-corrected chi connectivity index (χ3v) is 8.02. The minimum absolute atomic E-state index is 0.208. The van der Waals surface area contributed by atoms with Gasteiger partial charge in [0.05, 0.1) is 31.3 Å². The monoisotopic (exact) mass is 557 g/mol. The third kappa shape index (κ3) is 6.27. The van der Waals surface area contributed by atoms with Crippen molar-refractivity contribution in [2.75, 3.05) is 51.7 Å². The maximum absolute atomic E-state index is 12.8. The Bertz CT molecular complexity index is 1530. The number of rotatable bonds is 8. The van der Waals surface area contributed by atoms with E-state index in [9.17, 15) is 9.59 Å². The first kappa shape index (κ1) is 28.4. The number of methoxy groups -OCH3 is 1. The fourth-order valence-corrected chi connectivity index (χ4v) is 5.74. The molecule has 0 atom stereocenters. The summed E-state index contributed by atoms with van der Waals surface area (Å²) in [5, 5.41) is 7.82. The number of aryl methyl sites for hydroxylation is 1. The summed E-state index contributed by atoms with van der Waals surface area (Å²) < 4.78 is 5.32. The lowest BCUT2D eigenvalue weighted by atomic mass is 9.86. The molecule has 10 heteroatoms. The lowest BCUT2D eigenvalue weighted by Gasteiger charge is -2.33. The molecule has 2 aliphatic rings. The highest BCUT2D eigenvalue weighted by atomic mass is 16.5. The Morgan fingerprint density at radius 2 is 1.95 bits per heavy atom. The summed E-state index contributed by atoms with van der Waals surface area (Å²) in [5.41, 5.74) is 4.44. The van der Waals surface area contributed by atoms with Gasteiger partial charge in [-0.25, -0.2) is 9.98 Å². The van der Waals surface area contributed by atoms with E-state index in [0.717, 1.165) is 50.1 Å². The molecule has 3 N–H and O–H groups in total. The predicted octanol–water partition coefficient (Wildman–Crippen LogP) is 3.97. The van der Waals surface area contributed by atoms with Crippen LogP contribution in [0.3, 0.4) is 0 Å². The zero-order chi connectivity index (χ0) is 28.9. The molecule has 2 aromatic heterocycles. The van der Waals surface area contributed by atoms with Gasteiger partial charge in [-0.2, -0.15) is 0 Å². The second kappa shape index (κ2) is 12.6. The molecule has 1 amide bonds. The van der Waals surface area contributed by atoms with Crippen molar-refractivity contribution in [3.8, 4) is 0 Å². The second-order valence-electron chi connectivity index (χ2n) is 10.6. The standard InChI is InChI=1S/C31H39N7O3/c1-5-38(6-2)28(39)19-37-13-10-21(11-14-37)24-8-7-23(15-20(24)3)34-30-29-22(9-12-33-31(29)40)16-25(36-30)26-17-32-18-27(35-26)41-4/h7-9,12,15-17,21,32H,5-6,10-11,13-14,18-19H2,1-4H3,(H,33,40)(H,34,36). The van der Waals surface area contributed by atoms with Gasteiger partial charge in [0.25, 0.3) is 5.56 Å². The highest BCUT2D eigenvalue weighted by molar-refractivity contribution is 5.95. The second-order valence-corrected chi connectivity index (χ2v) is 10.6. The summed E-state index contributed by atoms with van der Waals surface area (Å²) >= 11 is 0. The first-order valence-corrected chi connectivity index (χ1v) is 14.4. The number of aromatic amines is 1. The number of aliphatic imine (C=N–C) groups is 1. The van der Waals surface area contributed by atoms with E-state index >= 15 is 0 Å². The molecule has 4 heterocycles. The number of pyridine rings is 2. The number of nitrogens with one attached hydrogen (secondary N) is 3. The summed E-state index contributed by atoms with van der Waals surface area (Å²) in [6, 6.07) is 10.1. The quantitative estimate of drug-likeness (QED) is 0.384. The number of nitrogens with zero attached hydrogens (tertiary/aromatic N) is 4. The van der Waals surface area contributed by atoms with E-state index in [4.69, 9.17) is 9.72 Å². The van der Waals surface area contributed by atoms with Crippen molar-refractivity contribution < 1.29 is 9.53 Å². The van der Waals surface area contributed by atoms with Gasteiger partial charge in [0.15, 0.2) is 0 Å². The summed E-state index contributed by atoms with van der Waals surface area (Å²) in [6.07, 6.45) is 5.49. The van der Waals surface area contributed by atoms with Gasteiger partial charge in [-0.3, -0.25) is 14.5 Å². The van der Waals surface area contributed by atoms with Crippen molar-refractivity contribution in [2.45, 2.75) is 39.5 Å². The smallest absolute Gasteiger partial charge is 0.259 e. The van der Waals surface area contributed by atoms with Crippen LogP contribution in [-0.2, 0) is 9.53 Å². The van der Waals surface area contributed by atoms with Crippen molar-refractivity contribution in [2.24, 2.45) is 4.99 Å². The minimum Gasteiger partial charge on any atom is -0.483 e. The first-order chi connectivity index (χ1) is 19.9. The lowest BCUT2D eigenvalue weighted by Crippen LogP contribution is -2.43. The van der Waals surface area contributed by atoms with E-state index in [1.165, 1.54) is 11.1 Å². The van der Waals surface area contributed by atoms with Gasteiger partial charge >= 0.3 is 0 Å². The number of carbonyl (C=O) groups excluding carboxylic acids is 1. The highest BCUT2D eigenvalue weighted by Crippen LogP contribution is 2.33. The molecule has 0 unspecified atom stereocenters. The predicted molar refractivity (Wildman–Crippen MR) is 164 cm³/mol. The molecule has 10 nitrogen and oxygen atoms in total. The molecule has 2 aliphatic heterocycles. The van der Waals surface area contributed by atoms with Crippen LogP contribution >= 0.6 is 0 Å². The van der Waals surface area contributed by atoms with E-state index in [-0.39, 0.29) is 11.5 Å². The number of benzene rings is 1. The molecule has 216 valence electrons. The summed E-state index contributed by atoms with van der Waals surface area (Å²) in [6.45, 7) is 10.5. The molecule has 41 heavy (non-hydrogen) atoms. The Morgan fingerprint density at radius 1 is 1.17 bits per heavy atom. The number of hydrogen-bond acceptors (Lipinski definition) is 8. The number of likely N-dealkylation sites (tertiary alicyclic amines) is 1. The van der Waals surface area contributed by atoms with Gasteiger partial charge in [-0.15, -0.1) is 0 Å². The molecule has 0 aliphatic carbocycles. The number of aromatic nitrogens is 2. The number of hydrogen-bond donors (Lipinski definition) is 3. The molecule has 3 aromatic rings.